The SMILES string of the molecule is CCOC(=O)[C@@H]1CN(Cc2ccccc2Cl)CCC1=O. The summed E-state index contributed by atoms with van der Waals surface area (Å²) in [6.07, 6.45) is 0.383. The van der Waals surface area contributed by atoms with E-state index in [-0.39, 0.29) is 5.78 Å². The number of halogens is 1. The number of hydrogen-bond donors (Lipinski definition) is 0. The maximum absolute atomic E-state index is 11.8. The highest BCUT2D eigenvalue weighted by Crippen LogP contribution is 2.21. The molecule has 0 saturated carbocycles. The summed E-state index contributed by atoms with van der Waals surface area (Å²) >= 11 is 6.14. The molecule has 20 heavy (non-hydrogen) atoms. The molecule has 1 heterocycles. The van der Waals surface area contributed by atoms with Gasteiger partial charge in [-0.3, -0.25) is 14.5 Å². The second kappa shape index (κ2) is 6.86. The molecule has 0 unspecified atom stereocenters. The average molecular weight is 296 g/mol. The van der Waals surface area contributed by atoms with Crippen molar-refractivity contribution in [2.24, 2.45) is 5.92 Å². The zero-order valence-electron chi connectivity index (χ0n) is 11.5. The fourth-order valence-electron chi connectivity index (χ4n) is 2.35. The highest BCUT2D eigenvalue weighted by molar-refractivity contribution is 6.31. The molecule has 0 aliphatic carbocycles. The van der Waals surface area contributed by atoms with Crippen molar-refractivity contribution in [2.75, 3.05) is 19.7 Å². The normalized spacial score (nSPS) is 19.9. The van der Waals surface area contributed by atoms with Gasteiger partial charge in [0, 0.05) is 31.1 Å². The van der Waals surface area contributed by atoms with Crippen molar-refractivity contribution in [3.63, 3.8) is 0 Å². The summed E-state index contributed by atoms with van der Waals surface area (Å²) in [6, 6.07) is 7.61. The second-order valence-electron chi connectivity index (χ2n) is 4.85. The van der Waals surface area contributed by atoms with E-state index in [9.17, 15) is 9.59 Å². The number of ketones is 1. The third-order valence-electron chi connectivity index (χ3n) is 3.43. The minimum Gasteiger partial charge on any atom is -0.465 e. The van der Waals surface area contributed by atoms with Crippen LogP contribution in [0.5, 0.6) is 0 Å². The van der Waals surface area contributed by atoms with Crippen molar-refractivity contribution in [2.45, 2.75) is 19.9 Å². The zero-order chi connectivity index (χ0) is 14.5. The predicted molar refractivity (Wildman–Crippen MR) is 76.5 cm³/mol. The van der Waals surface area contributed by atoms with E-state index >= 15 is 0 Å². The molecule has 1 aromatic carbocycles. The Balaban J connectivity index is 2.02. The first kappa shape index (κ1) is 15.0. The highest BCUT2D eigenvalue weighted by atomic mass is 35.5. The largest absolute Gasteiger partial charge is 0.465 e. The summed E-state index contributed by atoms with van der Waals surface area (Å²) in [5.74, 6) is -1.11. The summed E-state index contributed by atoms with van der Waals surface area (Å²) in [6.45, 7) is 3.74. The fraction of sp³-hybridized carbons (Fsp3) is 0.467. The van der Waals surface area contributed by atoms with Gasteiger partial charge in [0.2, 0.25) is 0 Å². The lowest BCUT2D eigenvalue weighted by atomic mass is 9.96. The molecule has 1 fully saturated rings. The summed E-state index contributed by atoms with van der Waals surface area (Å²) < 4.78 is 4.96. The van der Waals surface area contributed by atoms with Crippen LogP contribution in [0.1, 0.15) is 18.9 Å². The molecule has 0 spiro atoms. The molecular formula is C15H18ClNO3. The van der Waals surface area contributed by atoms with Crippen LogP contribution in [0.15, 0.2) is 24.3 Å². The Morgan fingerprint density at radius 2 is 2.20 bits per heavy atom. The summed E-state index contributed by atoms with van der Waals surface area (Å²) in [5, 5.41) is 0.706. The average Bonchev–Trinajstić information content (AvgIpc) is 2.43. The standard InChI is InChI=1S/C15H18ClNO3/c1-2-20-15(19)12-10-17(8-7-14(12)18)9-11-5-3-4-6-13(11)16/h3-6,12H,2,7-10H2,1H3/t12-/m1/s1. The van der Waals surface area contributed by atoms with Crippen LogP contribution in [0.4, 0.5) is 0 Å². The Labute approximate surface area is 123 Å². The number of piperidine rings is 1. The number of hydrogen-bond acceptors (Lipinski definition) is 4. The zero-order valence-corrected chi connectivity index (χ0v) is 12.2. The maximum Gasteiger partial charge on any atom is 0.317 e. The molecule has 4 nitrogen and oxygen atoms in total. The molecule has 108 valence electrons. The molecule has 2 rings (SSSR count). The Hall–Kier alpha value is -1.39. The van der Waals surface area contributed by atoms with E-state index in [0.29, 0.717) is 37.7 Å². The Bertz CT molecular complexity index is 504. The van der Waals surface area contributed by atoms with Gasteiger partial charge in [-0.05, 0) is 18.6 Å². The van der Waals surface area contributed by atoms with E-state index in [1.165, 1.54) is 0 Å². The molecule has 0 N–H and O–H groups in total. The smallest absolute Gasteiger partial charge is 0.317 e. The number of esters is 1. The van der Waals surface area contributed by atoms with Gasteiger partial charge in [0.05, 0.1) is 6.61 Å². The number of benzene rings is 1. The van der Waals surface area contributed by atoms with Crippen LogP contribution in [0, 0.1) is 5.92 Å². The topological polar surface area (TPSA) is 46.6 Å². The fourth-order valence-corrected chi connectivity index (χ4v) is 2.55. The maximum atomic E-state index is 11.8. The molecule has 1 aromatic rings. The van der Waals surface area contributed by atoms with Gasteiger partial charge in [-0.25, -0.2) is 0 Å². The number of likely N-dealkylation sites (tertiary alicyclic amines) is 1. The van der Waals surface area contributed by atoms with Gasteiger partial charge in [0.15, 0.2) is 0 Å². The van der Waals surface area contributed by atoms with Crippen LogP contribution < -0.4 is 0 Å². The van der Waals surface area contributed by atoms with Crippen LogP contribution in [0.25, 0.3) is 0 Å². The molecule has 0 aromatic heterocycles. The van der Waals surface area contributed by atoms with Crippen LogP contribution in [0.3, 0.4) is 0 Å². The van der Waals surface area contributed by atoms with Crippen molar-refractivity contribution >= 4 is 23.4 Å². The van der Waals surface area contributed by atoms with Gasteiger partial charge >= 0.3 is 5.97 Å². The molecule has 0 bridgehead atoms. The lowest BCUT2D eigenvalue weighted by Gasteiger charge is -2.30. The molecule has 1 atom stereocenters. The van der Waals surface area contributed by atoms with Gasteiger partial charge in [-0.15, -0.1) is 0 Å². The van der Waals surface area contributed by atoms with Gasteiger partial charge < -0.3 is 4.74 Å². The third-order valence-corrected chi connectivity index (χ3v) is 3.80. The van der Waals surface area contributed by atoms with Crippen LogP contribution in [-0.2, 0) is 20.9 Å². The summed E-state index contributed by atoms with van der Waals surface area (Å²) in [7, 11) is 0. The van der Waals surface area contributed by atoms with Crippen molar-refractivity contribution in [3.8, 4) is 0 Å². The molecule has 1 saturated heterocycles. The van der Waals surface area contributed by atoms with Gasteiger partial charge in [-0.1, -0.05) is 29.8 Å². The van der Waals surface area contributed by atoms with Crippen molar-refractivity contribution in [1.82, 2.24) is 4.90 Å². The van der Waals surface area contributed by atoms with Gasteiger partial charge in [-0.2, -0.15) is 0 Å². The number of carbonyl (C=O) groups excluding carboxylic acids is 2. The molecular weight excluding hydrogens is 278 g/mol. The van der Waals surface area contributed by atoms with Crippen LogP contribution >= 0.6 is 11.6 Å². The van der Waals surface area contributed by atoms with E-state index in [0.717, 1.165) is 5.56 Å². The van der Waals surface area contributed by atoms with Gasteiger partial charge in [0.1, 0.15) is 11.7 Å². The predicted octanol–water partition coefficient (Wildman–Crippen LogP) is 2.29. The van der Waals surface area contributed by atoms with E-state index in [4.69, 9.17) is 16.3 Å². The summed E-state index contributed by atoms with van der Waals surface area (Å²) in [4.78, 5) is 25.7. The van der Waals surface area contributed by atoms with Gasteiger partial charge in [0.25, 0.3) is 0 Å². The number of nitrogens with zero attached hydrogens (tertiary/aromatic N) is 1. The molecule has 5 heteroatoms. The van der Waals surface area contributed by atoms with E-state index in [2.05, 4.69) is 4.90 Å². The number of carbonyl (C=O) groups is 2. The van der Waals surface area contributed by atoms with Crippen molar-refractivity contribution in [3.05, 3.63) is 34.9 Å². The molecule has 1 aliphatic heterocycles. The lowest BCUT2D eigenvalue weighted by Crippen LogP contribution is -2.44. The van der Waals surface area contributed by atoms with Crippen molar-refractivity contribution < 1.29 is 14.3 Å². The number of rotatable bonds is 4. The van der Waals surface area contributed by atoms with E-state index in [1.807, 2.05) is 24.3 Å². The van der Waals surface area contributed by atoms with Crippen LogP contribution in [-0.4, -0.2) is 36.3 Å². The third kappa shape index (κ3) is 3.58. The van der Waals surface area contributed by atoms with E-state index < -0.39 is 11.9 Å². The first-order chi connectivity index (χ1) is 9.61. The monoisotopic (exact) mass is 295 g/mol. The lowest BCUT2D eigenvalue weighted by molar-refractivity contribution is -0.154. The Kier molecular flexibility index (Phi) is 5.15. The van der Waals surface area contributed by atoms with Crippen molar-refractivity contribution in [1.29, 1.82) is 0 Å². The minimum atomic E-state index is -0.661. The molecule has 0 amide bonds. The Morgan fingerprint density at radius 1 is 1.45 bits per heavy atom. The quantitative estimate of drug-likeness (QED) is 0.632. The van der Waals surface area contributed by atoms with E-state index in [1.54, 1.807) is 6.92 Å². The number of ether oxygens (including phenoxy) is 1. The highest BCUT2D eigenvalue weighted by Gasteiger charge is 2.33. The first-order valence-corrected chi connectivity index (χ1v) is 7.14. The first-order valence-electron chi connectivity index (χ1n) is 6.77. The van der Waals surface area contributed by atoms with Crippen LogP contribution in [0.2, 0.25) is 5.02 Å². The molecule has 1 aliphatic rings. The summed E-state index contributed by atoms with van der Waals surface area (Å²) in [5.41, 5.74) is 1.01. The Morgan fingerprint density at radius 3 is 2.90 bits per heavy atom. The second-order valence-corrected chi connectivity index (χ2v) is 5.25. The molecule has 0 radical (unpaired) electrons. The number of Topliss-reactive ketones (excluding diaryl/α,β-unsaturated/α-hetero) is 1. The minimum absolute atomic E-state index is 0.0288.